The number of amides is 1. The van der Waals surface area contributed by atoms with Gasteiger partial charge in [-0.15, -0.1) is 0 Å². The Morgan fingerprint density at radius 2 is 1.71 bits per heavy atom. The Balaban J connectivity index is 1.63. The molecule has 1 fully saturated rings. The van der Waals surface area contributed by atoms with Gasteiger partial charge in [0.2, 0.25) is 5.91 Å². The largest absolute Gasteiger partial charge is 0.474 e. The first-order chi connectivity index (χ1) is 21.3. The number of fused-ring (bicyclic) bond motifs is 1. The van der Waals surface area contributed by atoms with Gasteiger partial charge in [-0.2, -0.15) is 13.2 Å². The maximum atomic E-state index is 15.1. The lowest BCUT2D eigenvalue weighted by Gasteiger charge is -2.41. The van der Waals surface area contributed by atoms with Crippen molar-refractivity contribution in [2.24, 2.45) is 0 Å². The summed E-state index contributed by atoms with van der Waals surface area (Å²) in [5.74, 6) is -1.20. The number of nitro benzene ring substituents is 1. The van der Waals surface area contributed by atoms with E-state index in [1.807, 2.05) is 6.07 Å². The molecule has 1 saturated carbocycles. The topological polar surface area (TPSA) is 138 Å². The van der Waals surface area contributed by atoms with Gasteiger partial charge >= 0.3 is 6.30 Å². The molecule has 45 heavy (non-hydrogen) atoms. The number of sulfonamides is 1. The summed E-state index contributed by atoms with van der Waals surface area (Å²) in [7, 11) is -5.72. The molecule has 5 rings (SSSR count). The number of H-pyrrole nitrogens is 1. The number of aromatic amines is 1. The van der Waals surface area contributed by atoms with Gasteiger partial charge in [0.1, 0.15) is 5.54 Å². The van der Waals surface area contributed by atoms with Gasteiger partial charge in [-0.05, 0) is 49.6 Å². The maximum Gasteiger partial charge on any atom is 0.474 e. The third-order valence-corrected chi connectivity index (χ3v) is 10.6. The molecule has 1 aliphatic carbocycles. The molecule has 2 aromatic heterocycles. The summed E-state index contributed by atoms with van der Waals surface area (Å²) < 4.78 is 72.5. The van der Waals surface area contributed by atoms with Gasteiger partial charge in [-0.1, -0.05) is 60.0 Å². The van der Waals surface area contributed by atoms with Crippen LogP contribution in [0.15, 0.2) is 84.0 Å². The fourth-order valence-corrected chi connectivity index (χ4v) is 8.17. The van der Waals surface area contributed by atoms with E-state index in [2.05, 4.69) is 15.3 Å². The molecular formula is C31H32F3N5O5S. The second-order valence-corrected chi connectivity index (χ2v) is 13.3. The fourth-order valence-electron chi connectivity index (χ4n) is 6.37. The first-order valence-corrected chi connectivity index (χ1v) is 15.8. The first kappa shape index (κ1) is 32.1. The van der Waals surface area contributed by atoms with Crippen LogP contribution in [0.5, 0.6) is 0 Å². The number of nitrogens with zero attached hydrogens (tertiary/aromatic N) is 3. The molecule has 0 radical (unpaired) electrons. The summed E-state index contributed by atoms with van der Waals surface area (Å²) in [6.45, 7) is 0.821. The van der Waals surface area contributed by atoms with Crippen LogP contribution in [0, 0.1) is 10.1 Å². The average Bonchev–Trinajstić information content (AvgIpc) is 3.42. The number of alkyl halides is 3. The van der Waals surface area contributed by atoms with Crippen molar-refractivity contribution >= 4 is 32.5 Å². The number of nitrogens with one attached hydrogen (secondary N) is 2. The zero-order valence-electron chi connectivity index (χ0n) is 24.4. The number of aromatic nitrogens is 2. The van der Waals surface area contributed by atoms with E-state index in [4.69, 9.17) is 0 Å². The van der Waals surface area contributed by atoms with Crippen LogP contribution in [0.1, 0.15) is 50.3 Å². The van der Waals surface area contributed by atoms with E-state index in [-0.39, 0.29) is 12.1 Å². The second-order valence-electron chi connectivity index (χ2n) is 11.5. The molecule has 238 valence electrons. The lowest BCUT2D eigenvalue weighted by atomic mass is 9.71. The molecule has 4 aromatic rings. The van der Waals surface area contributed by atoms with E-state index in [0.29, 0.717) is 29.4 Å². The number of halogens is 3. The van der Waals surface area contributed by atoms with Gasteiger partial charge < -0.3 is 10.3 Å². The molecule has 0 bridgehead atoms. The molecule has 10 nitrogen and oxygen atoms in total. The number of hydrogen-bond donors (Lipinski definition) is 2. The number of carbonyl (C=O) groups is 1. The number of hydrogen-bond acceptors (Lipinski definition) is 6. The summed E-state index contributed by atoms with van der Waals surface area (Å²) in [4.78, 5) is 31.2. The van der Waals surface area contributed by atoms with Crippen molar-refractivity contribution in [2.45, 2.75) is 67.6 Å². The van der Waals surface area contributed by atoms with Gasteiger partial charge in [0.15, 0.2) is 4.90 Å². The van der Waals surface area contributed by atoms with Crippen LogP contribution in [-0.4, -0.2) is 51.9 Å². The van der Waals surface area contributed by atoms with Crippen molar-refractivity contribution in [3.05, 3.63) is 100 Å². The fraction of sp³-hybridized carbons (Fsp3) is 0.355. The van der Waals surface area contributed by atoms with Gasteiger partial charge in [0.05, 0.1) is 4.92 Å². The molecule has 2 aromatic carbocycles. The van der Waals surface area contributed by atoms with Crippen molar-refractivity contribution in [2.75, 3.05) is 6.54 Å². The average molecular weight is 644 g/mol. The molecular weight excluding hydrogens is 611 g/mol. The Morgan fingerprint density at radius 1 is 1.04 bits per heavy atom. The van der Waals surface area contributed by atoms with Crippen LogP contribution < -0.4 is 5.32 Å². The normalized spacial score (nSPS) is 16.7. The molecule has 0 unspecified atom stereocenters. The Morgan fingerprint density at radius 3 is 2.38 bits per heavy atom. The predicted octanol–water partition coefficient (Wildman–Crippen LogP) is 6.00. The highest BCUT2D eigenvalue weighted by Crippen LogP contribution is 2.42. The number of nitro groups is 1. The number of pyridine rings is 1. The summed E-state index contributed by atoms with van der Waals surface area (Å²) in [5, 5.41) is 14.9. The van der Waals surface area contributed by atoms with Crippen LogP contribution in [0.3, 0.4) is 0 Å². The molecule has 0 aliphatic heterocycles. The molecule has 2 heterocycles. The highest BCUT2D eigenvalue weighted by molar-refractivity contribution is 7.89. The van der Waals surface area contributed by atoms with Crippen molar-refractivity contribution in [1.29, 1.82) is 0 Å². The van der Waals surface area contributed by atoms with Crippen LogP contribution in [0.25, 0.3) is 10.9 Å². The SMILES string of the molecule is C[C@](Cc1c[nH]c2ccccc12)(C(=O)NCC1(c2ccccn2)CCCCC1)N(C(F)(F)F)S(=O)(=O)c1ccccc1[N+](=O)[O-]. The number of rotatable bonds is 10. The monoisotopic (exact) mass is 643 g/mol. The van der Waals surface area contributed by atoms with Gasteiger partial charge in [-0.3, -0.25) is 19.9 Å². The summed E-state index contributed by atoms with van der Waals surface area (Å²) in [5.41, 5.74) is -3.01. The molecule has 14 heteroatoms. The first-order valence-electron chi connectivity index (χ1n) is 14.4. The second kappa shape index (κ2) is 12.2. The van der Waals surface area contributed by atoms with E-state index in [9.17, 15) is 23.3 Å². The number of para-hydroxylation sites is 2. The van der Waals surface area contributed by atoms with E-state index in [1.165, 1.54) is 6.20 Å². The minimum absolute atomic E-state index is 0.0798. The smallest absolute Gasteiger partial charge is 0.361 e. The van der Waals surface area contributed by atoms with Crippen LogP contribution in [0.2, 0.25) is 0 Å². The van der Waals surface area contributed by atoms with Gasteiger partial charge in [0.25, 0.3) is 15.7 Å². The van der Waals surface area contributed by atoms with E-state index in [0.717, 1.165) is 50.5 Å². The standard InChI is InChI=1S/C31H32F3N5O5S/c1-29(19-22-20-36-24-12-4-3-11-23(22)24,28(40)37-21-30(16-8-2-9-17-30)27-15-7-10-18-35-27)39(31(32,33)34)45(43,44)26-14-6-5-13-25(26)38(41)42/h3-7,10-15,18,20,36H,2,8-9,16-17,19,21H2,1H3,(H,37,40)/t29-/m0/s1. The van der Waals surface area contributed by atoms with Crippen LogP contribution >= 0.6 is 0 Å². The molecule has 0 saturated heterocycles. The zero-order valence-corrected chi connectivity index (χ0v) is 25.2. The quantitative estimate of drug-likeness (QED) is 0.124. The lowest BCUT2D eigenvalue weighted by molar-refractivity contribution is -0.387. The van der Waals surface area contributed by atoms with Crippen LogP contribution in [0.4, 0.5) is 18.9 Å². The van der Waals surface area contributed by atoms with Crippen molar-refractivity contribution < 1.29 is 31.3 Å². The van der Waals surface area contributed by atoms with Crippen LogP contribution in [-0.2, 0) is 26.7 Å². The summed E-state index contributed by atoms with van der Waals surface area (Å²) in [6, 6.07) is 15.8. The van der Waals surface area contributed by atoms with Crippen molar-refractivity contribution in [3.8, 4) is 0 Å². The Hall–Kier alpha value is -4.30. The molecule has 0 spiro atoms. The van der Waals surface area contributed by atoms with E-state index < -0.39 is 59.4 Å². The van der Waals surface area contributed by atoms with Gasteiger partial charge in [-0.25, -0.2) is 8.42 Å². The minimum Gasteiger partial charge on any atom is -0.361 e. The lowest BCUT2D eigenvalue weighted by Crippen LogP contribution is -2.65. The molecule has 1 amide bonds. The van der Waals surface area contributed by atoms with E-state index >= 15 is 13.2 Å². The Bertz CT molecular complexity index is 1810. The van der Waals surface area contributed by atoms with Crippen molar-refractivity contribution in [1.82, 2.24) is 19.6 Å². The Labute approximate surface area is 257 Å². The summed E-state index contributed by atoms with van der Waals surface area (Å²) in [6.07, 6.45) is 0.541. The number of carbonyl (C=O) groups excluding carboxylic acids is 1. The van der Waals surface area contributed by atoms with Gasteiger partial charge in [0, 0.05) is 53.4 Å². The highest BCUT2D eigenvalue weighted by Gasteiger charge is 2.60. The third-order valence-electron chi connectivity index (χ3n) is 8.56. The van der Waals surface area contributed by atoms with Crippen molar-refractivity contribution in [3.63, 3.8) is 0 Å². The molecule has 1 atom stereocenters. The number of benzene rings is 2. The highest BCUT2D eigenvalue weighted by atomic mass is 32.2. The molecule has 2 N–H and O–H groups in total. The third kappa shape index (κ3) is 6.16. The minimum atomic E-state index is -5.72. The maximum absolute atomic E-state index is 15.1. The predicted molar refractivity (Wildman–Crippen MR) is 161 cm³/mol. The summed E-state index contributed by atoms with van der Waals surface area (Å²) >= 11 is 0. The Kier molecular flexibility index (Phi) is 8.73. The van der Waals surface area contributed by atoms with E-state index in [1.54, 1.807) is 42.6 Å². The zero-order chi connectivity index (χ0) is 32.5. The molecule has 1 aliphatic rings.